The number of ether oxygens (including phenoxy) is 2. The Hall–Kier alpha value is -3.33. The van der Waals surface area contributed by atoms with Crippen molar-refractivity contribution in [3.05, 3.63) is 88.4 Å². The van der Waals surface area contributed by atoms with Gasteiger partial charge >= 0.3 is 11.5 Å². The van der Waals surface area contributed by atoms with Crippen LogP contribution >= 0.6 is 0 Å². The molecule has 0 saturated heterocycles. The molecule has 2 aliphatic rings. The highest BCUT2D eigenvalue weighted by Gasteiger charge is 2.33. The van der Waals surface area contributed by atoms with E-state index in [2.05, 4.69) is 42.5 Å². The van der Waals surface area contributed by atoms with Gasteiger partial charge in [0.1, 0.15) is 11.5 Å². The van der Waals surface area contributed by atoms with E-state index >= 15 is 0 Å². The molecule has 0 saturated carbocycles. The smallest absolute Gasteiger partial charge is 0.359 e. The van der Waals surface area contributed by atoms with Crippen LogP contribution in [0, 0.1) is 0 Å². The summed E-state index contributed by atoms with van der Waals surface area (Å²) in [7, 11) is 3.40. The summed E-state index contributed by atoms with van der Waals surface area (Å²) >= 11 is 0. The van der Waals surface area contributed by atoms with Crippen LogP contribution in [0.4, 0.5) is 0 Å². The molecule has 2 aliphatic carbocycles. The summed E-state index contributed by atoms with van der Waals surface area (Å²) < 4.78 is 17.3. The van der Waals surface area contributed by atoms with Crippen molar-refractivity contribution in [1.29, 1.82) is 0 Å². The summed E-state index contributed by atoms with van der Waals surface area (Å²) in [6.45, 7) is 0. The molecular formula is C29H29O3+. The van der Waals surface area contributed by atoms with Gasteiger partial charge in [-0.1, -0.05) is 24.3 Å². The zero-order valence-electron chi connectivity index (χ0n) is 18.8. The minimum Gasteiger partial charge on any atom is -0.497 e. The van der Waals surface area contributed by atoms with Gasteiger partial charge in [-0.3, -0.25) is 0 Å². The lowest BCUT2D eigenvalue weighted by Crippen LogP contribution is -2.09. The van der Waals surface area contributed by atoms with Crippen molar-refractivity contribution in [1.82, 2.24) is 0 Å². The quantitative estimate of drug-likeness (QED) is 0.410. The van der Waals surface area contributed by atoms with Gasteiger partial charge in [0.15, 0.2) is 0 Å². The van der Waals surface area contributed by atoms with Crippen LogP contribution in [-0.4, -0.2) is 14.2 Å². The van der Waals surface area contributed by atoms with Crippen molar-refractivity contribution in [2.75, 3.05) is 14.2 Å². The van der Waals surface area contributed by atoms with E-state index in [4.69, 9.17) is 13.9 Å². The number of aryl methyl sites for hydroxylation is 2. The molecule has 0 N–H and O–H groups in total. The average Bonchev–Trinajstić information content (AvgIpc) is 2.84. The fourth-order valence-corrected chi connectivity index (χ4v) is 4.73. The van der Waals surface area contributed by atoms with Crippen molar-refractivity contribution >= 4 is 23.3 Å². The second-order valence-electron chi connectivity index (χ2n) is 8.55. The zero-order chi connectivity index (χ0) is 21.9. The molecule has 0 aliphatic heterocycles. The van der Waals surface area contributed by atoms with Gasteiger partial charge in [0, 0.05) is 0 Å². The van der Waals surface area contributed by atoms with E-state index in [0.717, 1.165) is 61.5 Å². The van der Waals surface area contributed by atoms with Crippen molar-refractivity contribution in [2.24, 2.45) is 0 Å². The Kier molecular flexibility index (Phi) is 5.81. The van der Waals surface area contributed by atoms with Crippen LogP contribution in [-0.2, 0) is 12.8 Å². The minimum absolute atomic E-state index is 0.878. The number of methoxy groups -OCH3 is 2. The summed E-state index contributed by atoms with van der Waals surface area (Å²) in [6, 6.07) is 18.9. The van der Waals surface area contributed by atoms with E-state index in [9.17, 15) is 0 Å². The van der Waals surface area contributed by atoms with Gasteiger partial charge in [0.05, 0.1) is 36.5 Å². The highest BCUT2D eigenvalue weighted by molar-refractivity contribution is 5.85. The first kappa shape index (κ1) is 20.6. The number of hydrogen-bond acceptors (Lipinski definition) is 2. The molecule has 0 unspecified atom stereocenters. The lowest BCUT2D eigenvalue weighted by molar-refractivity contribution is 0.414. The van der Waals surface area contributed by atoms with Crippen LogP contribution in [0.3, 0.4) is 0 Å². The van der Waals surface area contributed by atoms with E-state index in [-0.39, 0.29) is 0 Å². The number of benzene rings is 2. The van der Waals surface area contributed by atoms with Gasteiger partial charge in [-0.2, -0.15) is 0 Å². The molecule has 1 heterocycles. The van der Waals surface area contributed by atoms with Crippen LogP contribution in [0.15, 0.2) is 59.0 Å². The van der Waals surface area contributed by atoms with E-state index in [1.165, 1.54) is 33.4 Å². The van der Waals surface area contributed by atoms with Crippen LogP contribution < -0.4 is 9.47 Å². The molecule has 162 valence electrons. The molecule has 0 radical (unpaired) electrons. The zero-order valence-corrected chi connectivity index (χ0v) is 18.8. The van der Waals surface area contributed by atoms with Crippen molar-refractivity contribution in [3.63, 3.8) is 0 Å². The maximum atomic E-state index is 6.70. The van der Waals surface area contributed by atoms with Crippen molar-refractivity contribution < 1.29 is 13.9 Å². The van der Waals surface area contributed by atoms with Gasteiger partial charge in [0.25, 0.3) is 0 Å². The highest BCUT2D eigenvalue weighted by atomic mass is 16.5. The van der Waals surface area contributed by atoms with Gasteiger partial charge in [0.2, 0.25) is 0 Å². The SMILES string of the molecule is COc1ccc(/C=C2\CCCc3cc4c([o+]c32)/C(=C/c2ccc(OC)cc2)CCC4)cc1. The van der Waals surface area contributed by atoms with Crippen LogP contribution in [0.5, 0.6) is 11.5 Å². The Labute approximate surface area is 190 Å². The predicted octanol–water partition coefficient (Wildman–Crippen LogP) is 7.33. The van der Waals surface area contributed by atoms with Crippen LogP contribution in [0.1, 0.15) is 59.5 Å². The fourth-order valence-electron chi connectivity index (χ4n) is 4.73. The van der Waals surface area contributed by atoms with E-state index in [1.807, 2.05) is 24.3 Å². The third-order valence-corrected chi connectivity index (χ3v) is 6.42. The summed E-state index contributed by atoms with van der Waals surface area (Å²) in [5.41, 5.74) is 7.62. The minimum atomic E-state index is 0.878. The highest BCUT2D eigenvalue weighted by Crippen LogP contribution is 2.40. The third-order valence-electron chi connectivity index (χ3n) is 6.42. The first-order valence-electron chi connectivity index (χ1n) is 11.4. The standard InChI is InChI=1S/C29H29O3/c1-30-26-13-9-20(10-14-26)17-22-5-3-7-24-19-25-8-4-6-23(29(25)32-28(22)24)18-21-11-15-27(31-2)16-12-21/h9-19H,3-8H2,1-2H3/q+1/b22-17+,23-18+. The molecule has 1 aromatic heterocycles. The van der Waals surface area contributed by atoms with E-state index < -0.39 is 0 Å². The fraction of sp³-hybridized carbons (Fsp3) is 0.276. The maximum Gasteiger partial charge on any atom is 0.359 e. The molecule has 0 amide bonds. The third kappa shape index (κ3) is 4.20. The van der Waals surface area contributed by atoms with Gasteiger partial charge < -0.3 is 9.47 Å². The molecule has 3 heteroatoms. The Morgan fingerprint density at radius 3 is 1.47 bits per heavy atom. The molecule has 2 aromatic carbocycles. The molecule has 0 bridgehead atoms. The van der Waals surface area contributed by atoms with Gasteiger partial charge in [-0.25, -0.2) is 4.42 Å². The first-order valence-corrected chi connectivity index (χ1v) is 11.4. The molecule has 3 aromatic rings. The number of hydrogen-bond donors (Lipinski definition) is 0. The topological polar surface area (TPSA) is 29.8 Å². The molecule has 3 nitrogen and oxygen atoms in total. The average molecular weight is 426 g/mol. The molecular weight excluding hydrogens is 396 g/mol. The second kappa shape index (κ2) is 9.04. The van der Waals surface area contributed by atoms with Crippen LogP contribution in [0.25, 0.3) is 23.3 Å². The summed E-state index contributed by atoms with van der Waals surface area (Å²) in [6.07, 6.45) is 11.1. The number of allylic oxidation sites excluding steroid dienone is 2. The summed E-state index contributed by atoms with van der Waals surface area (Å²) in [4.78, 5) is 0. The number of rotatable bonds is 4. The van der Waals surface area contributed by atoms with Crippen molar-refractivity contribution in [3.8, 4) is 11.5 Å². The molecule has 32 heavy (non-hydrogen) atoms. The van der Waals surface area contributed by atoms with Gasteiger partial charge in [-0.05, 0) is 92.1 Å². The van der Waals surface area contributed by atoms with Gasteiger partial charge in [-0.15, -0.1) is 0 Å². The Balaban J connectivity index is 1.53. The lowest BCUT2D eigenvalue weighted by Gasteiger charge is -2.16. The Bertz CT molecular complexity index is 1080. The van der Waals surface area contributed by atoms with E-state index in [0.29, 0.717) is 0 Å². The normalized spacial score (nSPS) is 17.7. The maximum absolute atomic E-state index is 6.70. The van der Waals surface area contributed by atoms with Crippen molar-refractivity contribution in [2.45, 2.75) is 38.5 Å². The summed E-state index contributed by atoms with van der Waals surface area (Å²) in [5.74, 6) is 3.88. The molecule has 0 fully saturated rings. The Morgan fingerprint density at radius 2 is 1.06 bits per heavy atom. The first-order chi connectivity index (χ1) is 15.7. The lowest BCUT2D eigenvalue weighted by atomic mass is 9.86. The Morgan fingerprint density at radius 1 is 0.625 bits per heavy atom. The largest absolute Gasteiger partial charge is 0.497 e. The summed E-state index contributed by atoms with van der Waals surface area (Å²) in [5, 5.41) is 0. The van der Waals surface area contributed by atoms with E-state index in [1.54, 1.807) is 14.2 Å². The number of fused-ring (bicyclic) bond motifs is 2. The monoisotopic (exact) mass is 425 g/mol. The van der Waals surface area contributed by atoms with Crippen LogP contribution in [0.2, 0.25) is 0 Å². The molecule has 5 rings (SSSR count). The second-order valence-corrected chi connectivity index (χ2v) is 8.55. The molecule has 0 spiro atoms. The molecule has 0 atom stereocenters. The predicted molar refractivity (Wildman–Crippen MR) is 131 cm³/mol.